The number of rotatable bonds is 4. The number of halogens is 1. The molecule has 0 aromatic heterocycles. The quantitative estimate of drug-likeness (QED) is 0.836. The second kappa shape index (κ2) is 5.91. The van der Waals surface area contributed by atoms with Crippen LogP contribution in [0.1, 0.15) is 35.7 Å². The van der Waals surface area contributed by atoms with Gasteiger partial charge in [0.05, 0.1) is 5.56 Å². The lowest BCUT2D eigenvalue weighted by Gasteiger charge is -2.06. The van der Waals surface area contributed by atoms with E-state index >= 15 is 0 Å². The van der Waals surface area contributed by atoms with E-state index in [1.165, 1.54) is 0 Å². The van der Waals surface area contributed by atoms with Crippen molar-refractivity contribution in [2.45, 2.75) is 26.7 Å². The summed E-state index contributed by atoms with van der Waals surface area (Å²) in [5.74, 6) is -0.000903. The Balaban J connectivity index is 2.68. The van der Waals surface area contributed by atoms with Gasteiger partial charge in [-0.3, -0.25) is 4.79 Å². The van der Waals surface area contributed by atoms with Crippen LogP contribution in [0.2, 0.25) is 0 Å². The SMILES string of the molecule is CCCCNC(=O)c1cc(C)ccc1Br. The molecule has 0 saturated carbocycles. The third-order valence-electron chi connectivity index (χ3n) is 2.18. The Morgan fingerprint density at radius 1 is 1.47 bits per heavy atom. The number of benzene rings is 1. The van der Waals surface area contributed by atoms with Crippen molar-refractivity contribution < 1.29 is 4.79 Å². The fourth-order valence-corrected chi connectivity index (χ4v) is 1.71. The highest BCUT2D eigenvalue weighted by molar-refractivity contribution is 9.10. The first-order valence-corrected chi connectivity index (χ1v) is 5.98. The Hall–Kier alpha value is -0.830. The second-order valence-corrected chi connectivity index (χ2v) is 4.45. The maximum absolute atomic E-state index is 11.8. The van der Waals surface area contributed by atoms with Gasteiger partial charge < -0.3 is 5.32 Å². The van der Waals surface area contributed by atoms with Crippen LogP contribution in [0.4, 0.5) is 0 Å². The summed E-state index contributed by atoms with van der Waals surface area (Å²) in [6.07, 6.45) is 2.12. The van der Waals surface area contributed by atoms with E-state index in [0.29, 0.717) is 5.56 Å². The van der Waals surface area contributed by atoms with Gasteiger partial charge in [-0.15, -0.1) is 0 Å². The minimum atomic E-state index is -0.000903. The van der Waals surface area contributed by atoms with Crippen LogP contribution in [-0.4, -0.2) is 12.5 Å². The molecule has 1 N–H and O–H groups in total. The molecule has 0 bridgehead atoms. The molecule has 0 saturated heterocycles. The fourth-order valence-electron chi connectivity index (χ4n) is 1.29. The summed E-state index contributed by atoms with van der Waals surface area (Å²) in [5, 5.41) is 2.90. The van der Waals surface area contributed by atoms with Crippen LogP contribution in [0.15, 0.2) is 22.7 Å². The number of amides is 1. The summed E-state index contributed by atoms with van der Waals surface area (Å²) in [4.78, 5) is 11.8. The molecule has 0 spiro atoms. The number of nitrogens with one attached hydrogen (secondary N) is 1. The summed E-state index contributed by atoms with van der Waals surface area (Å²) in [7, 11) is 0. The van der Waals surface area contributed by atoms with E-state index in [4.69, 9.17) is 0 Å². The van der Waals surface area contributed by atoms with E-state index in [9.17, 15) is 4.79 Å². The van der Waals surface area contributed by atoms with Crippen LogP contribution < -0.4 is 5.32 Å². The smallest absolute Gasteiger partial charge is 0.252 e. The zero-order valence-corrected chi connectivity index (χ0v) is 10.7. The van der Waals surface area contributed by atoms with E-state index in [-0.39, 0.29) is 5.91 Å². The molecule has 0 heterocycles. The topological polar surface area (TPSA) is 29.1 Å². The molecule has 1 aromatic rings. The monoisotopic (exact) mass is 269 g/mol. The van der Waals surface area contributed by atoms with Crippen molar-refractivity contribution in [3.05, 3.63) is 33.8 Å². The van der Waals surface area contributed by atoms with Crippen LogP contribution in [0, 0.1) is 6.92 Å². The Bertz CT molecular complexity index is 349. The molecule has 1 aromatic carbocycles. The molecule has 1 amide bonds. The normalized spacial score (nSPS) is 10.1. The minimum absolute atomic E-state index is 0.000903. The zero-order chi connectivity index (χ0) is 11.3. The summed E-state index contributed by atoms with van der Waals surface area (Å²) < 4.78 is 0.849. The number of unbranched alkanes of at least 4 members (excludes halogenated alkanes) is 1. The highest BCUT2D eigenvalue weighted by atomic mass is 79.9. The summed E-state index contributed by atoms with van der Waals surface area (Å²) in [5.41, 5.74) is 1.81. The maximum atomic E-state index is 11.8. The van der Waals surface area contributed by atoms with Gasteiger partial charge in [-0.25, -0.2) is 0 Å². The van der Waals surface area contributed by atoms with Crippen molar-refractivity contribution in [3.63, 3.8) is 0 Å². The maximum Gasteiger partial charge on any atom is 0.252 e. The van der Waals surface area contributed by atoms with E-state index in [0.717, 1.165) is 29.4 Å². The highest BCUT2D eigenvalue weighted by Gasteiger charge is 2.08. The third kappa shape index (κ3) is 3.67. The molecule has 0 fully saturated rings. The lowest BCUT2D eigenvalue weighted by atomic mass is 10.1. The van der Waals surface area contributed by atoms with Crippen LogP contribution in [0.25, 0.3) is 0 Å². The van der Waals surface area contributed by atoms with Crippen LogP contribution >= 0.6 is 15.9 Å². The number of aryl methyl sites for hydroxylation is 1. The molecule has 1 rings (SSSR count). The summed E-state index contributed by atoms with van der Waals surface area (Å²) in [6.45, 7) is 4.83. The van der Waals surface area contributed by atoms with Gasteiger partial charge >= 0.3 is 0 Å². The molecule has 3 heteroatoms. The van der Waals surface area contributed by atoms with Crippen molar-refractivity contribution in [2.24, 2.45) is 0 Å². The van der Waals surface area contributed by atoms with Gasteiger partial charge in [0.15, 0.2) is 0 Å². The Labute approximate surface area is 99.2 Å². The molecule has 2 nitrogen and oxygen atoms in total. The van der Waals surface area contributed by atoms with Crippen molar-refractivity contribution >= 4 is 21.8 Å². The number of hydrogen-bond acceptors (Lipinski definition) is 1. The average molecular weight is 270 g/mol. The molecule has 15 heavy (non-hydrogen) atoms. The van der Waals surface area contributed by atoms with Gasteiger partial charge in [-0.05, 0) is 41.4 Å². The molecule has 82 valence electrons. The first-order chi connectivity index (χ1) is 7.15. The molecule has 0 unspecified atom stereocenters. The van der Waals surface area contributed by atoms with E-state index in [1.54, 1.807) is 0 Å². The lowest BCUT2D eigenvalue weighted by Crippen LogP contribution is -2.24. The number of carbonyl (C=O) groups excluding carboxylic acids is 1. The highest BCUT2D eigenvalue weighted by Crippen LogP contribution is 2.17. The van der Waals surface area contributed by atoms with Gasteiger partial charge in [0.1, 0.15) is 0 Å². The first kappa shape index (κ1) is 12.2. The molecular formula is C12H16BrNO. The van der Waals surface area contributed by atoms with Gasteiger partial charge in [-0.1, -0.05) is 25.0 Å². The van der Waals surface area contributed by atoms with E-state index < -0.39 is 0 Å². The zero-order valence-electron chi connectivity index (χ0n) is 9.14. The van der Waals surface area contributed by atoms with Crippen molar-refractivity contribution in [2.75, 3.05) is 6.54 Å². The molecule has 0 aliphatic heterocycles. The van der Waals surface area contributed by atoms with Gasteiger partial charge in [0.2, 0.25) is 0 Å². The Morgan fingerprint density at radius 3 is 2.87 bits per heavy atom. The van der Waals surface area contributed by atoms with Gasteiger partial charge in [0.25, 0.3) is 5.91 Å². The largest absolute Gasteiger partial charge is 0.352 e. The van der Waals surface area contributed by atoms with Crippen LogP contribution in [0.5, 0.6) is 0 Å². The lowest BCUT2D eigenvalue weighted by molar-refractivity contribution is 0.0952. The fraction of sp³-hybridized carbons (Fsp3) is 0.417. The molecule has 0 aliphatic rings. The first-order valence-electron chi connectivity index (χ1n) is 5.19. The number of hydrogen-bond donors (Lipinski definition) is 1. The standard InChI is InChI=1S/C12H16BrNO/c1-3-4-7-14-12(15)10-8-9(2)5-6-11(10)13/h5-6,8H,3-4,7H2,1-2H3,(H,14,15). The predicted octanol–water partition coefficient (Wildman–Crippen LogP) is 3.29. The van der Waals surface area contributed by atoms with Crippen molar-refractivity contribution in [1.29, 1.82) is 0 Å². The Morgan fingerprint density at radius 2 is 2.20 bits per heavy atom. The van der Waals surface area contributed by atoms with Crippen LogP contribution in [0.3, 0.4) is 0 Å². The molecule has 0 aliphatic carbocycles. The minimum Gasteiger partial charge on any atom is -0.352 e. The third-order valence-corrected chi connectivity index (χ3v) is 2.87. The molecule has 0 radical (unpaired) electrons. The summed E-state index contributed by atoms with van der Waals surface area (Å²) >= 11 is 3.38. The number of carbonyl (C=O) groups is 1. The van der Waals surface area contributed by atoms with Crippen molar-refractivity contribution in [3.8, 4) is 0 Å². The van der Waals surface area contributed by atoms with Gasteiger partial charge in [0, 0.05) is 11.0 Å². The predicted molar refractivity (Wildman–Crippen MR) is 66.1 cm³/mol. The van der Waals surface area contributed by atoms with E-state index in [1.807, 2.05) is 25.1 Å². The molecular weight excluding hydrogens is 254 g/mol. The van der Waals surface area contributed by atoms with Crippen LogP contribution in [-0.2, 0) is 0 Å². The van der Waals surface area contributed by atoms with Crippen molar-refractivity contribution in [1.82, 2.24) is 5.32 Å². The summed E-state index contributed by atoms with van der Waals surface area (Å²) in [6, 6.07) is 5.78. The Kier molecular flexibility index (Phi) is 4.82. The average Bonchev–Trinajstić information content (AvgIpc) is 2.22. The second-order valence-electron chi connectivity index (χ2n) is 3.59. The van der Waals surface area contributed by atoms with Gasteiger partial charge in [-0.2, -0.15) is 0 Å². The van der Waals surface area contributed by atoms with E-state index in [2.05, 4.69) is 28.2 Å². The molecule has 0 atom stereocenters.